The second kappa shape index (κ2) is 9.92. The lowest BCUT2D eigenvalue weighted by Crippen LogP contribution is -2.49. The zero-order chi connectivity index (χ0) is 22.6. The Morgan fingerprint density at radius 2 is 1.65 bits per heavy atom. The van der Waals surface area contributed by atoms with Gasteiger partial charge in [0, 0.05) is 45.2 Å². The van der Waals surface area contributed by atoms with Crippen molar-refractivity contribution in [1.82, 2.24) is 9.21 Å². The summed E-state index contributed by atoms with van der Waals surface area (Å²) in [5.74, 6) is -0.354. The van der Waals surface area contributed by atoms with Gasteiger partial charge in [-0.15, -0.1) is 0 Å². The Labute approximate surface area is 189 Å². The van der Waals surface area contributed by atoms with Gasteiger partial charge in [-0.25, -0.2) is 8.42 Å². The molecule has 0 saturated carbocycles. The molecule has 0 aromatic heterocycles. The molecule has 1 N–H and O–H groups in total. The van der Waals surface area contributed by atoms with Gasteiger partial charge in [0.05, 0.1) is 15.0 Å². The number of benzene rings is 2. The standard InChI is InChI=1S/C19H20Cl2N4O5S/c20-14-4-3-5-15(21)19(14)31(29,30)24-12-10-23(11-13-24)9-8-18(26)22-16-6-1-2-7-17(16)25(27)28/h1-7H,8-13H2,(H,22,26). The lowest BCUT2D eigenvalue weighted by molar-refractivity contribution is -0.383. The maximum Gasteiger partial charge on any atom is 0.292 e. The first-order valence-electron chi connectivity index (χ1n) is 9.40. The molecule has 3 rings (SSSR count). The molecule has 1 aliphatic heterocycles. The van der Waals surface area contributed by atoms with Gasteiger partial charge in [0.25, 0.3) is 5.69 Å². The van der Waals surface area contributed by atoms with Crippen LogP contribution in [0.5, 0.6) is 0 Å². The van der Waals surface area contributed by atoms with Gasteiger partial charge in [0.15, 0.2) is 0 Å². The number of anilines is 1. The Morgan fingerprint density at radius 1 is 1.03 bits per heavy atom. The van der Waals surface area contributed by atoms with Gasteiger partial charge in [0.1, 0.15) is 10.6 Å². The summed E-state index contributed by atoms with van der Waals surface area (Å²) in [5, 5.41) is 13.7. The average molecular weight is 487 g/mol. The third-order valence-electron chi connectivity index (χ3n) is 4.88. The number of nitro groups is 1. The van der Waals surface area contributed by atoms with Crippen LogP contribution >= 0.6 is 23.2 Å². The van der Waals surface area contributed by atoms with Gasteiger partial charge >= 0.3 is 0 Å². The minimum atomic E-state index is -3.83. The van der Waals surface area contributed by atoms with Crippen LogP contribution in [0.1, 0.15) is 6.42 Å². The number of nitro benzene ring substituents is 1. The lowest BCUT2D eigenvalue weighted by atomic mass is 10.2. The molecule has 1 saturated heterocycles. The molecule has 1 aliphatic rings. The summed E-state index contributed by atoms with van der Waals surface area (Å²) in [4.78, 5) is 24.6. The van der Waals surface area contributed by atoms with Gasteiger partial charge < -0.3 is 10.2 Å². The van der Waals surface area contributed by atoms with Crippen molar-refractivity contribution < 1.29 is 18.1 Å². The van der Waals surface area contributed by atoms with Crippen molar-refractivity contribution in [3.8, 4) is 0 Å². The first-order chi connectivity index (χ1) is 14.7. The number of amides is 1. The molecule has 9 nitrogen and oxygen atoms in total. The second-order valence-corrected chi connectivity index (χ2v) is 9.56. The number of nitrogens with zero attached hydrogens (tertiary/aromatic N) is 3. The number of sulfonamides is 1. The predicted molar refractivity (Wildman–Crippen MR) is 118 cm³/mol. The number of hydrogen-bond acceptors (Lipinski definition) is 6. The molecule has 31 heavy (non-hydrogen) atoms. The Bertz CT molecular complexity index is 1070. The molecular weight excluding hydrogens is 467 g/mol. The maximum absolute atomic E-state index is 12.9. The SMILES string of the molecule is O=C(CCN1CCN(S(=O)(=O)c2c(Cl)cccc2Cl)CC1)Nc1ccccc1[N+](=O)[O-]. The first kappa shape index (κ1) is 23.4. The van der Waals surface area contributed by atoms with Gasteiger partial charge in [-0.1, -0.05) is 41.4 Å². The molecule has 2 aromatic rings. The van der Waals surface area contributed by atoms with Gasteiger partial charge in [-0.2, -0.15) is 4.31 Å². The van der Waals surface area contributed by atoms with E-state index in [9.17, 15) is 23.3 Å². The van der Waals surface area contributed by atoms with Crippen LogP contribution in [0.15, 0.2) is 47.4 Å². The molecule has 2 aromatic carbocycles. The van der Waals surface area contributed by atoms with E-state index in [1.165, 1.54) is 34.6 Å². The minimum Gasteiger partial charge on any atom is -0.320 e. The number of nitrogens with one attached hydrogen (secondary N) is 1. The molecule has 1 amide bonds. The van der Waals surface area contributed by atoms with Crippen molar-refractivity contribution in [2.24, 2.45) is 0 Å². The number of hydrogen-bond donors (Lipinski definition) is 1. The molecule has 0 bridgehead atoms. The van der Waals surface area contributed by atoms with E-state index < -0.39 is 14.9 Å². The van der Waals surface area contributed by atoms with Crippen molar-refractivity contribution in [3.63, 3.8) is 0 Å². The lowest BCUT2D eigenvalue weighted by Gasteiger charge is -2.34. The molecule has 1 fully saturated rings. The maximum atomic E-state index is 12.9. The highest BCUT2D eigenvalue weighted by atomic mass is 35.5. The van der Waals surface area contributed by atoms with Crippen molar-refractivity contribution in [2.45, 2.75) is 11.3 Å². The first-order valence-corrected chi connectivity index (χ1v) is 11.6. The summed E-state index contributed by atoms with van der Waals surface area (Å²) < 4.78 is 27.1. The summed E-state index contributed by atoms with van der Waals surface area (Å²) in [6, 6.07) is 10.5. The van der Waals surface area contributed by atoms with Crippen molar-refractivity contribution in [2.75, 3.05) is 38.0 Å². The fourth-order valence-corrected chi connectivity index (χ4v) is 5.78. The molecule has 0 unspecified atom stereocenters. The zero-order valence-electron chi connectivity index (χ0n) is 16.3. The van der Waals surface area contributed by atoms with E-state index in [0.717, 1.165) is 0 Å². The Morgan fingerprint density at radius 3 is 2.26 bits per heavy atom. The number of carbonyl (C=O) groups excluding carboxylic acids is 1. The van der Waals surface area contributed by atoms with E-state index in [-0.39, 0.29) is 51.7 Å². The fourth-order valence-electron chi connectivity index (χ4n) is 3.26. The number of rotatable bonds is 7. The van der Waals surface area contributed by atoms with Crippen LogP contribution in [0, 0.1) is 10.1 Å². The Balaban J connectivity index is 1.54. The Kier molecular flexibility index (Phi) is 7.50. The number of halogens is 2. The number of carbonyl (C=O) groups is 1. The molecule has 0 aliphatic carbocycles. The quantitative estimate of drug-likeness (QED) is 0.474. The molecule has 0 radical (unpaired) electrons. The molecule has 1 heterocycles. The largest absolute Gasteiger partial charge is 0.320 e. The van der Waals surface area contributed by atoms with Gasteiger partial charge in [-0.3, -0.25) is 14.9 Å². The summed E-state index contributed by atoms with van der Waals surface area (Å²) >= 11 is 12.1. The predicted octanol–water partition coefficient (Wildman–Crippen LogP) is 3.24. The van der Waals surface area contributed by atoms with E-state index in [2.05, 4.69) is 5.32 Å². The average Bonchev–Trinajstić information content (AvgIpc) is 2.72. The molecular formula is C19H20Cl2N4O5S. The van der Waals surface area contributed by atoms with Crippen LogP contribution in [0.4, 0.5) is 11.4 Å². The minimum absolute atomic E-state index is 0.0709. The van der Waals surface area contributed by atoms with Crippen LogP contribution in [0.3, 0.4) is 0 Å². The highest BCUT2D eigenvalue weighted by Gasteiger charge is 2.31. The van der Waals surface area contributed by atoms with Crippen LogP contribution in [0.2, 0.25) is 10.0 Å². The third kappa shape index (κ3) is 5.52. The highest BCUT2D eigenvalue weighted by molar-refractivity contribution is 7.89. The van der Waals surface area contributed by atoms with Crippen molar-refractivity contribution >= 4 is 50.5 Å². The Hall–Kier alpha value is -2.24. The summed E-state index contributed by atoms with van der Waals surface area (Å²) in [7, 11) is -3.83. The topological polar surface area (TPSA) is 113 Å². The van der Waals surface area contributed by atoms with Crippen molar-refractivity contribution in [1.29, 1.82) is 0 Å². The fraction of sp³-hybridized carbons (Fsp3) is 0.316. The normalized spacial score (nSPS) is 15.5. The van der Waals surface area contributed by atoms with E-state index in [4.69, 9.17) is 23.2 Å². The van der Waals surface area contributed by atoms with Gasteiger partial charge in [-0.05, 0) is 18.2 Å². The smallest absolute Gasteiger partial charge is 0.292 e. The second-order valence-electron chi connectivity index (χ2n) is 6.87. The summed E-state index contributed by atoms with van der Waals surface area (Å²) in [5.41, 5.74) is -0.0297. The van der Waals surface area contributed by atoms with E-state index in [0.29, 0.717) is 19.6 Å². The van der Waals surface area contributed by atoms with Crippen LogP contribution in [0.25, 0.3) is 0 Å². The summed E-state index contributed by atoms with van der Waals surface area (Å²) in [6.45, 7) is 1.72. The monoisotopic (exact) mass is 486 g/mol. The van der Waals surface area contributed by atoms with Crippen LogP contribution < -0.4 is 5.32 Å². The highest BCUT2D eigenvalue weighted by Crippen LogP contribution is 2.32. The van der Waals surface area contributed by atoms with Crippen LogP contribution in [-0.2, 0) is 14.8 Å². The third-order valence-corrected chi connectivity index (χ3v) is 7.73. The zero-order valence-corrected chi connectivity index (χ0v) is 18.7. The van der Waals surface area contributed by atoms with Crippen LogP contribution in [-0.4, -0.2) is 61.2 Å². The number of piperazine rings is 1. The summed E-state index contributed by atoms with van der Waals surface area (Å²) in [6.07, 6.45) is 0.120. The van der Waals surface area contributed by atoms with Gasteiger partial charge in [0.2, 0.25) is 15.9 Å². The molecule has 0 spiro atoms. The van der Waals surface area contributed by atoms with E-state index in [1.807, 2.05) is 4.90 Å². The molecule has 12 heteroatoms. The van der Waals surface area contributed by atoms with Crippen molar-refractivity contribution in [3.05, 3.63) is 62.6 Å². The van der Waals surface area contributed by atoms with E-state index >= 15 is 0 Å². The number of para-hydroxylation sites is 2. The molecule has 0 atom stereocenters. The molecule has 166 valence electrons. The van der Waals surface area contributed by atoms with E-state index in [1.54, 1.807) is 12.1 Å².